The maximum Gasteiger partial charge on any atom is 0.145 e. The summed E-state index contributed by atoms with van der Waals surface area (Å²) in [6.07, 6.45) is 1.75. The van der Waals surface area contributed by atoms with Gasteiger partial charge >= 0.3 is 0 Å². The highest BCUT2D eigenvalue weighted by atomic mass is 19.1. The van der Waals surface area contributed by atoms with Gasteiger partial charge < -0.3 is 9.47 Å². The quantitative estimate of drug-likeness (QED) is 0.578. The van der Waals surface area contributed by atoms with Crippen molar-refractivity contribution in [2.24, 2.45) is 0 Å². The van der Waals surface area contributed by atoms with Gasteiger partial charge in [0.1, 0.15) is 22.8 Å². The van der Waals surface area contributed by atoms with Gasteiger partial charge in [0.25, 0.3) is 0 Å². The normalized spacial score (nSPS) is 10.8. The largest absolute Gasteiger partial charge is 0.494 e. The van der Waals surface area contributed by atoms with Crippen molar-refractivity contribution < 1.29 is 13.9 Å². The van der Waals surface area contributed by atoms with Gasteiger partial charge in [-0.25, -0.2) is 9.37 Å². The Labute approximate surface area is 141 Å². The second kappa shape index (κ2) is 7.77. The summed E-state index contributed by atoms with van der Waals surface area (Å²) in [6.45, 7) is 3.17. The molecule has 2 aromatic carbocycles. The molecule has 0 fully saturated rings. The van der Waals surface area contributed by atoms with Crippen LogP contribution in [0.25, 0.3) is 10.9 Å². The van der Waals surface area contributed by atoms with Crippen molar-refractivity contribution in [1.82, 2.24) is 4.98 Å². The second-order valence-electron chi connectivity index (χ2n) is 5.64. The Morgan fingerprint density at radius 3 is 2.42 bits per heavy atom. The number of hydrogen-bond acceptors (Lipinski definition) is 3. The fourth-order valence-corrected chi connectivity index (χ4v) is 2.44. The minimum Gasteiger partial charge on any atom is -0.494 e. The van der Waals surface area contributed by atoms with Gasteiger partial charge in [-0.1, -0.05) is 18.2 Å². The number of unbranched alkanes of at least 4 members (excludes halogenated alkanes) is 1. The third kappa shape index (κ3) is 4.22. The molecule has 1 heterocycles. The Hall–Kier alpha value is -2.62. The van der Waals surface area contributed by atoms with Crippen molar-refractivity contribution in [3.05, 3.63) is 66.1 Å². The van der Waals surface area contributed by atoms with E-state index in [4.69, 9.17) is 9.47 Å². The highest BCUT2D eigenvalue weighted by molar-refractivity contribution is 5.84. The highest BCUT2D eigenvalue weighted by Crippen LogP contribution is 2.24. The molecule has 0 aliphatic heterocycles. The maximum absolute atomic E-state index is 12.8. The molecule has 3 aromatic rings. The Kier molecular flexibility index (Phi) is 5.26. The van der Waals surface area contributed by atoms with E-state index in [1.807, 2.05) is 31.2 Å². The summed E-state index contributed by atoms with van der Waals surface area (Å²) in [5.74, 6) is 1.25. The summed E-state index contributed by atoms with van der Waals surface area (Å²) in [6, 6.07) is 16.1. The lowest BCUT2D eigenvalue weighted by molar-refractivity contribution is 0.267. The van der Waals surface area contributed by atoms with Crippen molar-refractivity contribution in [2.45, 2.75) is 19.8 Å². The molecule has 0 aliphatic carbocycles. The predicted molar refractivity (Wildman–Crippen MR) is 93.1 cm³/mol. The number of para-hydroxylation sites is 1. The predicted octanol–water partition coefficient (Wildman–Crippen LogP) is 4.92. The molecule has 0 radical (unpaired) electrons. The monoisotopic (exact) mass is 325 g/mol. The smallest absolute Gasteiger partial charge is 0.145 e. The van der Waals surface area contributed by atoms with Crippen molar-refractivity contribution >= 4 is 10.9 Å². The van der Waals surface area contributed by atoms with E-state index >= 15 is 0 Å². The molecule has 24 heavy (non-hydrogen) atoms. The molecule has 0 amide bonds. The van der Waals surface area contributed by atoms with E-state index < -0.39 is 0 Å². The first-order valence-electron chi connectivity index (χ1n) is 8.10. The van der Waals surface area contributed by atoms with Crippen LogP contribution in [-0.4, -0.2) is 18.2 Å². The molecule has 0 atom stereocenters. The number of fused-ring (bicyclic) bond motifs is 1. The number of benzene rings is 2. The lowest BCUT2D eigenvalue weighted by Crippen LogP contribution is -2.03. The number of aromatic nitrogens is 1. The van der Waals surface area contributed by atoms with Gasteiger partial charge in [-0.05, 0) is 56.2 Å². The molecule has 0 unspecified atom stereocenters. The van der Waals surface area contributed by atoms with Crippen LogP contribution in [-0.2, 0) is 0 Å². The lowest BCUT2D eigenvalue weighted by Gasteiger charge is -2.10. The average molecular weight is 325 g/mol. The SMILES string of the molecule is Cc1ccc2cccc(OCCCCOc3ccc(F)cc3)c2n1. The molecule has 0 bridgehead atoms. The van der Waals surface area contributed by atoms with Crippen LogP contribution >= 0.6 is 0 Å². The number of hydrogen-bond donors (Lipinski definition) is 0. The first-order valence-corrected chi connectivity index (χ1v) is 8.10. The summed E-state index contributed by atoms with van der Waals surface area (Å²) in [7, 11) is 0. The molecule has 0 N–H and O–H groups in total. The first-order chi connectivity index (χ1) is 11.7. The van der Waals surface area contributed by atoms with Crippen LogP contribution in [0.1, 0.15) is 18.5 Å². The Balaban J connectivity index is 1.45. The molecular weight excluding hydrogens is 305 g/mol. The summed E-state index contributed by atoms with van der Waals surface area (Å²) in [5.41, 5.74) is 1.88. The molecule has 3 rings (SSSR count). The van der Waals surface area contributed by atoms with Crippen molar-refractivity contribution in [3.63, 3.8) is 0 Å². The number of ether oxygens (including phenoxy) is 2. The van der Waals surface area contributed by atoms with Gasteiger partial charge in [0, 0.05) is 11.1 Å². The van der Waals surface area contributed by atoms with Crippen LogP contribution < -0.4 is 9.47 Å². The third-order valence-electron chi connectivity index (χ3n) is 3.70. The van der Waals surface area contributed by atoms with E-state index in [-0.39, 0.29) is 5.82 Å². The zero-order valence-electron chi connectivity index (χ0n) is 13.7. The highest BCUT2D eigenvalue weighted by Gasteiger charge is 2.04. The van der Waals surface area contributed by atoms with Crippen LogP contribution in [0.2, 0.25) is 0 Å². The summed E-state index contributed by atoms with van der Waals surface area (Å²) in [5, 5.41) is 1.08. The van der Waals surface area contributed by atoms with E-state index in [9.17, 15) is 4.39 Å². The zero-order valence-corrected chi connectivity index (χ0v) is 13.7. The third-order valence-corrected chi connectivity index (χ3v) is 3.70. The van der Waals surface area contributed by atoms with Gasteiger partial charge in [-0.2, -0.15) is 0 Å². The zero-order chi connectivity index (χ0) is 16.8. The van der Waals surface area contributed by atoms with Gasteiger partial charge in [-0.15, -0.1) is 0 Å². The van der Waals surface area contributed by atoms with E-state index in [1.165, 1.54) is 12.1 Å². The van der Waals surface area contributed by atoms with Crippen molar-refractivity contribution in [1.29, 1.82) is 0 Å². The van der Waals surface area contributed by atoms with Gasteiger partial charge in [-0.3, -0.25) is 0 Å². The van der Waals surface area contributed by atoms with Gasteiger partial charge in [0.2, 0.25) is 0 Å². The number of halogens is 1. The van der Waals surface area contributed by atoms with E-state index in [0.29, 0.717) is 19.0 Å². The van der Waals surface area contributed by atoms with Crippen LogP contribution in [0.5, 0.6) is 11.5 Å². The van der Waals surface area contributed by atoms with Crippen LogP contribution in [0.15, 0.2) is 54.6 Å². The molecule has 0 saturated heterocycles. The molecule has 124 valence electrons. The molecule has 0 aliphatic rings. The second-order valence-corrected chi connectivity index (χ2v) is 5.64. The van der Waals surface area contributed by atoms with Crippen LogP contribution in [0.4, 0.5) is 4.39 Å². The average Bonchev–Trinajstić information content (AvgIpc) is 2.59. The minimum absolute atomic E-state index is 0.255. The molecule has 1 aromatic heterocycles. The summed E-state index contributed by atoms with van der Waals surface area (Å²) >= 11 is 0. The van der Waals surface area contributed by atoms with Gasteiger partial charge in [0.05, 0.1) is 13.2 Å². The van der Waals surface area contributed by atoms with Crippen LogP contribution in [0.3, 0.4) is 0 Å². The fourth-order valence-electron chi connectivity index (χ4n) is 2.44. The van der Waals surface area contributed by atoms with Crippen molar-refractivity contribution in [3.8, 4) is 11.5 Å². The Bertz CT molecular complexity index is 802. The van der Waals surface area contributed by atoms with E-state index in [0.717, 1.165) is 35.2 Å². The molecule has 0 spiro atoms. The number of rotatable bonds is 7. The number of nitrogens with zero attached hydrogens (tertiary/aromatic N) is 1. The van der Waals surface area contributed by atoms with Crippen molar-refractivity contribution in [2.75, 3.05) is 13.2 Å². The number of aryl methyl sites for hydroxylation is 1. The molecular formula is C20H20FNO2. The molecule has 3 nitrogen and oxygen atoms in total. The minimum atomic E-state index is -0.255. The molecule has 4 heteroatoms. The summed E-state index contributed by atoms with van der Waals surface area (Å²) < 4.78 is 24.2. The van der Waals surface area contributed by atoms with Gasteiger partial charge in [0.15, 0.2) is 0 Å². The van der Waals surface area contributed by atoms with E-state index in [2.05, 4.69) is 11.1 Å². The van der Waals surface area contributed by atoms with E-state index in [1.54, 1.807) is 12.1 Å². The van der Waals surface area contributed by atoms with Crippen LogP contribution in [0, 0.1) is 12.7 Å². The topological polar surface area (TPSA) is 31.4 Å². The maximum atomic E-state index is 12.8. The number of pyridine rings is 1. The Morgan fingerprint density at radius 1 is 0.875 bits per heavy atom. The fraction of sp³-hybridized carbons (Fsp3) is 0.250. The Morgan fingerprint density at radius 2 is 1.62 bits per heavy atom. The standard InChI is InChI=1S/C20H20FNO2/c1-15-7-8-16-5-4-6-19(20(16)22-15)24-14-3-2-13-23-18-11-9-17(21)10-12-18/h4-12H,2-3,13-14H2,1H3. The molecule has 0 saturated carbocycles. The summed E-state index contributed by atoms with van der Waals surface area (Å²) in [4.78, 5) is 4.56. The lowest BCUT2D eigenvalue weighted by atomic mass is 10.2. The first kappa shape index (κ1) is 16.2.